The molecule has 104 valence electrons. The molecule has 0 fully saturated rings. The van der Waals surface area contributed by atoms with E-state index >= 15 is 0 Å². The summed E-state index contributed by atoms with van der Waals surface area (Å²) in [6.45, 7) is 0.582. The van der Waals surface area contributed by atoms with Crippen LogP contribution in [0.25, 0.3) is 0 Å². The van der Waals surface area contributed by atoms with Gasteiger partial charge in [0, 0.05) is 23.7 Å². The molecule has 9 heteroatoms. The van der Waals surface area contributed by atoms with Crippen molar-refractivity contribution in [1.29, 1.82) is 0 Å². The van der Waals surface area contributed by atoms with Gasteiger partial charge in [-0.05, 0) is 0 Å². The van der Waals surface area contributed by atoms with Crippen LogP contribution in [0.4, 0.5) is 0 Å². The minimum atomic E-state index is -3.02. The molecule has 0 aliphatic rings. The van der Waals surface area contributed by atoms with Gasteiger partial charge in [0.25, 0.3) is 0 Å². The van der Waals surface area contributed by atoms with E-state index in [9.17, 15) is 16.8 Å². The molecule has 1 N–H and O–H groups in total. The summed E-state index contributed by atoms with van der Waals surface area (Å²) in [5.74, 6) is 0.293. The van der Waals surface area contributed by atoms with E-state index in [0.29, 0.717) is 23.7 Å². The molecule has 0 heterocycles. The van der Waals surface area contributed by atoms with Crippen molar-refractivity contribution in [3.05, 3.63) is 0 Å². The predicted molar refractivity (Wildman–Crippen MR) is 77.8 cm³/mol. The molecule has 0 spiro atoms. The first kappa shape index (κ1) is 17.8. The highest BCUT2D eigenvalue weighted by molar-refractivity contribution is 9.09. The van der Waals surface area contributed by atoms with E-state index in [1.54, 1.807) is 0 Å². The van der Waals surface area contributed by atoms with Gasteiger partial charge in [-0.25, -0.2) is 16.8 Å². The zero-order chi connectivity index (χ0) is 13.4. The summed E-state index contributed by atoms with van der Waals surface area (Å²) in [6, 6.07) is 0. The molecule has 0 aliphatic heterocycles. The molecule has 17 heavy (non-hydrogen) atoms. The average Bonchev–Trinajstić information content (AvgIpc) is 2.16. The largest absolute Gasteiger partial charge is 0.315 e. The van der Waals surface area contributed by atoms with Crippen molar-refractivity contribution in [2.45, 2.75) is 0 Å². The number of nitrogens with one attached hydrogen (secondary N) is 1. The van der Waals surface area contributed by atoms with Gasteiger partial charge in [0.15, 0.2) is 19.7 Å². The van der Waals surface area contributed by atoms with Crippen LogP contribution >= 0.6 is 31.9 Å². The lowest BCUT2D eigenvalue weighted by Crippen LogP contribution is -2.29. The smallest absolute Gasteiger partial charge is 0.152 e. The molecule has 0 aromatic carbocycles. The fourth-order valence-electron chi connectivity index (χ4n) is 1.02. The van der Waals surface area contributed by atoms with E-state index in [1.165, 1.54) is 0 Å². The second kappa shape index (κ2) is 8.84. The molecule has 0 atom stereocenters. The van der Waals surface area contributed by atoms with Crippen LogP contribution in [0.2, 0.25) is 0 Å². The third-order valence-electron chi connectivity index (χ3n) is 1.96. The SMILES string of the molecule is O=S(=O)(CCBr)CCNCCS(=O)(=O)CCBr. The van der Waals surface area contributed by atoms with Crippen molar-refractivity contribution in [2.75, 3.05) is 46.8 Å². The van der Waals surface area contributed by atoms with E-state index in [1.807, 2.05) is 0 Å². The summed E-state index contributed by atoms with van der Waals surface area (Å²) < 4.78 is 45.2. The molecular weight excluding hydrogens is 398 g/mol. The summed E-state index contributed by atoms with van der Waals surface area (Å²) in [4.78, 5) is 0. The van der Waals surface area contributed by atoms with Crippen LogP contribution in [-0.4, -0.2) is 63.6 Å². The second-order valence-electron chi connectivity index (χ2n) is 3.43. The van der Waals surface area contributed by atoms with Crippen LogP contribution in [-0.2, 0) is 19.7 Å². The minimum Gasteiger partial charge on any atom is -0.315 e. The maximum Gasteiger partial charge on any atom is 0.152 e. The molecule has 0 bridgehead atoms. The third-order valence-corrected chi connectivity index (χ3v) is 7.10. The maximum atomic E-state index is 11.3. The topological polar surface area (TPSA) is 80.3 Å². The first-order chi connectivity index (χ1) is 7.83. The van der Waals surface area contributed by atoms with Gasteiger partial charge in [-0.1, -0.05) is 31.9 Å². The van der Waals surface area contributed by atoms with Gasteiger partial charge in [0.05, 0.1) is 23.0 Å². The Labute approximate surface area is 120 Å². The van der Waals surface area contributed by atoms with Gasteiger partial charge in [-0.15, -0.1) is 0 Å². The number of hydrogen-bond donors (Lipinski definition) is 1. The first-order valence-corrected chi connectivity index (χ1v) is 10.9. The van der Waals surface area contributed by atoms with Gasteiger partial charge in [0.1, 0.15) is 0 Å². The number of sulfone groups is 2. The second-order valence-corrected chi connectivity index (χ2v) is 9.62. The Morgan fingerprint density at radius 2 is 1.06 bits per heavy atom. The van der Waals surface area contributed by atoms with E-state index in [0.717, 1.165) is 0 Å². The standard InChI is InChI=1S/C8H17Br2NO4S2/c9-1-5-16(12,13)7-3-11-4-8-17(14,15)6-2-10/h11H,1-8H2. The monoisotopic (exact) mass is 413 g/mol. The van der Waals surface area contributed by atoms with Crippen molar-refractivity contribution in [1.82, 2.24) is 5.32 Å². The van der Waals surface area contributed by atoms with E-state index in [2.05, 4.69) is 37.2 Å². The van der Waals surface area contributed by atoms with Crippen LogP contribution in [0.15, 0.2) is 0 Å². The molecule has 0 amide bonds. The van der Waals surface area contributed by atoms with Crippen molar-refractivity contribution in [3.8, 4) is 0 Å². The van der Waals surface area contributed by atoms with E-state index in [4.69, 9.17) is 0 Å². The number of hydrogen-bond acceptors (Lipinski definition) is 5. The Morgan fingerprint density at radius 3 is 1.35 bits per heavy atom. The van der Waals surface area contributed by atoms with Crippen molar-refractivity contribution >= 4 is 51.5 Å². The number of halogens is 2. The quantitative estimate of drug-likeness (QED) is 0.407. The third kappa shape index (κ3) is 10.4. The summed E-state index contributed by atoms with van der Waals surface area (Å²) >= 11 is 6.14. The lowest BCUT2D eigenvalue weighted by Gasteiger charge is -2.05. The zero-order valence-electron chi connectivity index (χ0n) is 9.36. The van der Waals surface area contributed by atoms with Crippen molar-refractivity contribution in [2.24, 2.45) is 0 Å². The van der Waals surface area contributed by atoms with Crippen LogP contribution in [0, 0.1) is 0 Å². The predicted octanol–water partition coefficient (Wildman–Crippen LogP) is 0.195. The molecule has 0 aromatic heterocycles. The lowest BCUT2D eigenvalue weighted by atomic mass is 10.7. The highest BCUT2D eigenvalue weighted by Crippen LogP contribution is 1.94. The average molecular weight is 415 g/mol. The maximum absolute atomic E-state index is 11.3. The van der Waals surface area contributed by atoms with E-state index < -0.39 is 19.7 Å². The normalized spacial score (nSPS) is 12.8. The Kier molecular flexibility index (Phi) is 9.27. The molecule has 0 radical (unpaired) electrons. The van der Waals surface area contributed by atoms with Gasteiger partial charge < -0.3 is 5.32 Å². The molecule has 0 aliphatic carbocycles. The van der Waals surface area contributed by atoms with Gasteiger partial charge in [-0.2, -0.15) is 0 Å². The van der Waals surface area contributed by atoms with E-state index in [-0.39, 0.29) is 23.0 Å². The number of alkyl halides is 2. The van der Waals surface area contributed by atoms with Crippen LogP contribution in [0.5, 0.6) is 0 Å². The van der Waals surface area contributed by atoms with Crippen LogP contribution in [0.3, 0.4) is 0 Å². The molecule has 0 saturated carbocycles. The summed E-state index contributed by atoms with van der Waals surface area (Å²) in [5.41, 5.74) is 0. The molecule has 0 aromatic rings. The molecule has 0 saturated heterocycles. The Morgan fingerprint density at radius 1 is 0.706 bits per heavy atom. The van der Waals surface area contributed by atoms with Gasteiger partial charge in [0.2, 0.25) is 0 Å². The minimum absolute atomic E-state index is 0.0388. The summed E-state index contributed by atoms with van der Waals surface area (Å²) in [7, 11) is -6.05. The fraction of sp³-hybridized carbons (Fsp3) is 1.00. The summed E-state index contributed by atoms with van der Waals surface area (Å²) in [6.07, 6.45) is 0. The Balaban J connectivity index is 3.74. The number of rotatable bonds is 10. The molecule has 0 rings (SSSR count). The molecule has 0 unspecified atom stereocenters. The summed E-state index contributed by atoms with van der Waals surface area (Å²) in [5, 5.41) is 3.68. The molecule has 5 nitrogen and oxygen atoms in total. The Hall–Kier alpha value is 0.820. The van der Waals surface area contributed by atoms with Gasteiger partial charge in [-0.3, -0.25) is 0 Å². The lowest BCUT2D eigenvalue weighted by molar-refractivity contribution is 0.590. The first-order valence-electron chi connectivity index (χ1n) is 5.06. The van der Waals surface area contributed by atoms with Crippen LogP contribution < -0.4 is 5.32 Å². The fourth-order valence-corrected chi connectivity index (χ4v) is 5.77. The van der Waals surface area contributed by atoms with Gasteiger partial charge >= 0.3 is 0 Å². The highest BCUT2D eigenvalue weighted by atomic mass is 79.9. The molecular formula is C8H17Br2NO4S2. The van der Waals surface area contributed by atoms with Crippen molar-refractivity contribution < 1.29 is 16.8 Å². The highest BCUT2D eigenvalue weighted by Gasteiger charge is 2.11. The Bertz CT molecular complexity index is 356. The zero-order valence-corrected chi connectivity index (χ0v) is 14.2. The van der Waals surface area contributed by atoms with Crippen LogP contribution in [0.1, 0.15) is 0 Å². The van der Waals surface area contributed by atoms with Crippen molar-refractivity contribution in [3.63, 3.8) is 0 Å².